The highest BCUT2D eigenvalue weighted by molar-refractivity contribution is 4.90. The van der Waals surface area contributed by atoms with Crippen molar-refractivity contribution in [2.75, 3.05) is 0 Å². The molecule has 0 N–H and O–H groups in total. The second-order valence-electron chi connectivity index (χ2n) is 9.13. The third-order valence-electron chi connectivity index (χ3n) is 8.07. The van der Waals surface area contributed by atoms with Crippen molar-refractivity contribution >= 4 is 0 Å². The van der Waals surface area contributed by atoms with Gasteiger partial charge in [-0.1, -0.05) is 52.4 Å². The molecule has 3 unspecified atom stereocenters. The van der Waals surface area contributed by atoms with Crippen LogP contribution in [0, 0.1) is 35.5 Å². The van der Waals surface area contributed by atoms with E-state index in [2.05, 4.69) is 13.8 Å². The van der Waals surface area contributed by atoms with Crippen molar-refractivity contribution in [3.05, 3.63) is 0 Å². The van der Waals surface area contributed by atoms with E-state index in [1.165, 1.54) is 77.0 Å². The van der Waals surface area contributed by atoms with Gasteiger partial charge in [0.1, 0.15) is 6.17 Å². The first-order valence-corrected chi connectivity index (χ1v) is 10.8. The van der Waals surface area contributed by atoms with E-state index in [4.69, 9.17) is 0 Å². The van der Waals surface area contributed by atoms with E-state index < -0.39 is 6.17 Å². The molecule has 0 aromatic carbocycles. The van der Waals surface area contributed by atoms with Gasteiger partial charge in [-0.25, -0.2) is 4.39 Å². The van der Waals surface area contributed by atoms with Gasteiger partial charge < -0.3 is 0 Å². The highest BCUT2D eigenvalue weighted by atomic mass is 19.1. The SMILES string of the molecule is CCC1CCC(C2CCC(C3CCC(CC)CC3)C(F)C2)CC1. The van der Waals surface area contributed by atoms with Crippen molar-refractivity contribution in [3.63, 3.8) is 0 Å². The maximum absolute atomic E-state index is 15.0. The lowest BCUT2D eigenvalue weighted by molar-refractivity contribution is 0.0331. The molecule has 0 bridgehead atoms. The first-order chi connectivity index (χ1) is 11.2. The summed E-state index contributed by atoms with van der Waals surface area (Å²) >= 11 is 0. The van der Waals surface area contributed by atoms with E-state index in [0.717, 1.165) is 24.2 Å². The van der Waals surface area contributed by atoms with Gasteiger partial charge in [-0.15, -0.1) is 0 Å². The minimum Gasteiger partial charge on any atom is -0.247 e. The quantitative estimate of drug-likeness (QED) is 0.514. The predicted molar refractivity (Wildman–Crippen MR) is 97.2 cm³/mol. The van der Waals surface area contributed by atoms with E-state index in [1.54, 1.807) is 0 Å². The molecule has 23 heavy (non-hydrogen) atoms. The molecule has 3 rings (SSSR count). The number of rotatable bonds is 4. The fourth-order valence-corrected chi connectivity index (χ4v) is 6.22. The summed E-state index contributed by atoms with van der Waals surface area (Å²) in [6.45, 7) is 4.66. The number of halogens is 1. The molecule has 0 aliphatic heterocycles. The van der Waals surface area contributed by atoms with E-state index in [0.29, 0.717) is 17.8 Å². The smallest absolute Gasteiger partial charge is 0.103 e. The molecule has 0 heterocycles. The second-order valence-corrected chi connectivity index (χ2v) is 9.13. The molecular weight excluding hydrogens is 283 g/mol. The van der Waals surface area contributed by atoms with Gasteiger partial charge >= 0.3 is 0 Å². The number of hydrogen-bond donors (Lipinski definition) is 0. The summed E-state index contributed by atoms with van der Waals surface area (Å²) in [6.07, 6.45) is 16.6. The zero-order valence-corrected chi connectivity index (χ0v) is 15.6. The van der Waals surface area contributed by atoms with Crippen LogP contribution in [0.4, 0.5) is 4.39 Å². The highest BCUT2D eigenvalue weighted by Gasteiger charge is 2.39. The molecule has 3 fully saturated rings. The molecule has 3 saturated carbocycles. The molecule has 0 nitrogen and oxygen atoms in total. The third kappa shape index (κ3) is 4.31. The van der Waals surface area contributed by atoms with Crippen LogP contribution in [0.3, 0.4) is 0 Å². The molecule has 3 aliphatic rings. The molecule has 0 saturated heterocycles. The topological polar surface area (TPSA) is 0 Å². The van der Waals surface area contributed by atoms with Gasteiger partial charge in [0.05, 0.1) is 0 Å². The lowest BCUT2D eigenvalue weighted by Gasteiger charge is -2.43. The average Bonchev–Trinajstić information content (AvgIpc) is 2.62. The summed E-state index contributed by atoms with van der Waals surface area (Å²) in [5.41, 5.74) is 0. The Hall–Kier alpha value is -0.0700. The average molecular weight is 323 g/mol. The maximum atomic E-state index is 15.0. The maximum Gasteiger partial charge on any atom is 0.103 e. The largest absolute Gasteiger partial charge is 0.247 e. The molecular formula is C22H39F. The van der Waals surface area contributed by atoms with Crippen molar-refractivity contribution in [2.45, 2.75) is 103 Å². The Kier molecular flexibility index (Phi) is 6.44. The van der Waals surface area contributed by atoms with Gasteiger partial charge in [-0.2, -0.15) is 0 Å². The Balaban J connectivity index is 1.46. The Bertz CT molecular complexity index is 336. The van der Waals surface area contributed by atoms with Gasteiger partial charge in [-0.3, -0.25) is 0 Å². The molecule has 1 heteroatoms. The number of alkyl halides is 1. The molecule has 0 aromatic rings. The third-order valence-corrected chi connectivity index (χ3v) is 8.07. The van der Waals surface area contributed by atoms with Crippen molar-refractivity contribution in [1.29, 1.82) is 0 Å². The molecule has 0 amide bonds. The van der Waals surface area contributed by atoms with Crippen LogP contribution in [0.2, 0.25) is 0 Å². The summed E-state index contributed by atoms with van der Waals surface area (Å²) in [5.74, 6) is 4.60. The van der Waals surface area contributed by atoms with Gasteiger partial charge in [-0.05, 0) is 80.5 Å². The lowest BCUT2D eigenvalue weighted by atomic mass is 9.64. The van der Waals surface area contributed by atoms with Crippen LogP contribution >= 0.6 is 0 Å². The van der Waals surface area contributed by atoms with Crippen LogP contribution in [-0.2, 0) is 0 Å². The Morgan fingerprint density at radius 1 is 0.609 bits per heavy atom. The molecule has 0 spiro atoms. The van der Waals surface area contributed by atoms with Crippen LogP contribution in [0.5, 0.6) is 0 Å². The number of hydrogen-bond acceptors (Lipinski definition) is 0. The summed E-state index contributed by atoms with van der Waals surface area (Å²) in [4.78, 5) is 0. The monoisotopic (exact) mass is 322 g/mol. The summed E-state index contributed by atoms with van der Waals surface area (Å²) in [5, 5.41) is 0. The highest BCUT2D eigenvalue weighted by Crippen LogP contribution is 2.47. The normalized spacial score (nSPS) is 45.8. The van der Waals surface area contributed by atoms with Gasteiger partial charge in [0, 0.05) is 0 Å². The molecule has 3 atom stereocenters. The van der Waals surface area contributed by atoms with Gasteiger partial charge in [0.2, 0.25) is 0 Å². The van der Waals surface area contributed by atoms with E-state index in [1.807, 2.05) is 0 Å². The van der Waals surface area contributed by atoms with Crippen LogP contribution in [0.15, 0.2) is 0 Å². The Labute approximate surface area is 144 Å². The first-order valence-electron chi connectivity index (χ1n) is 10.8. The van der Waals surface area contributed by atoms with Crippen LogP contribution in [0.25, 0.3) is 0 Å². The summed E-state index contributed by atoms with van der Waals surface area (Å²) in [7, 11) is 0. The fraction of sp³-hybridized carbons (Fsp3) is 1.00. The van der Waals surface area contributed by atoms with Gasteiger partial charge in [0.15, 0.2) is 0 Å². The van der Waals surface area contributed by atoms with Crippen LogP contribution in [-0.4, -0.2) is 6.17 Å². The van der Waals surface area contributed by atoms with Crippen LogP contribution in [0.1, 0.15) is 97.3 Å². The predicted octanol–water partition coefficient (Wildman–Crippen LogP) is 7.17. The summed E-state index contributed by atoms with van der Waals surface area (Å²) in [6, 6.07) is 0. The van der Waals surface area contributed by atoms with E-state index in [-0.39, 0.29) is 0 Å². The van der Waals surface area contributed by atoms with Crippen molar-refractivity contribution in [2.24, 2.45) is 35.5 Å². The van der Waals surface area contributed by atoms with Gasteiger partial charge in [0.25, 0.3) is 0 Å². The van der Waals surface area contributed by atoms with Crippen molar-refractivity contribution in [1.82, 2.24) is 0 Å². The molecule has 0 aromatic heterocycles. The minimum atomic E-state index is -0.485. The van der Waals surface area contributed by atoms with E-state index in [9.17, 15) is 4.39 Å². The standard InChI is InChI=1S/C22H39F/c1-3-16-5-9-18(10-6-16)20-13-14-21(22(23)15-20)19-11-7-17(4-2)8-12-19/h16-22H,3-15H2,1-2H3. The minimum absolute atomic E-state index is 0.413. The molecule has 134 valence electrons. The zero-order chi connectivity index (χ0) is 16.2. The Morgan fingerprint density at radius 2 is 1.09 bits per heavy atom. The Morgan fingerprint density at radius 3 is 1.57 bits per heavy atom. The first kappa shape index (κ1) is 17.7. The zero-order valence-electron chi connectivity index (χ0n) is 15.6. The van der Waals surface area contributed by atoms with Crippen molar-refractivity contribution in [3.8, 4) is 0 Å². The second kappa shape index (κ2) is 8.34. The van der Waals surface area contributed by atoms with Crippen molar-refractivity contribution < 1.29 is 4.39 Å². The van der Waals surface area contributed by atoms with Crippen LogP contribution < -0.4 is 0 Å². The molecule has 0 radical (unpaired) electrons. The van der Waals surface area contributed by atoms with E-state index >= 15 is 0 Å². The summed E-state index contributed by atoms with van der Waals surface area (Å²) < 4.78 is 15.0. The fourth-order valence-electron chi connectivity index (χ4n) is 6.22. The molecule has 3 aliphatic carbocycles. The lowest BCUT2D eigenvalue weighted by Crippen LogP contribution is -2.36.